The molecule has 2 aromatic rings. The summed E-state index contributed by atoms with van der Waals surface area (Å²) in [5.41, 5.74) is 6.93. The molecular formula is C23H31BO2. The molecule has 0 N–H and O–H groups in total. The highest BCUT2D eigenvalue weighted by Gasteiger charge is 2.51. The lowest BCUT2D eigenvalue weighted by Crippen LogP contribution is -2.41. The molecule has 138 valence electrons. The highest BCUT2D eigenvalue weighted by atomic mass is 16.7. The van der Waals surface area contributed by atoms with Crippen molar-refractivity contribution in [3.63, 3.8) is 0 Å². The monoisotopic (exact) mass is 350 g/mol. The van der Waals surface area contributed by atoms with Crippen molar-refractivity contribution in [2.24, 2.45) is 0 Å². The Kier molecular flexibility index (Phi) is 4.83. The molecule has 1 saturated heterocycles. The Morgan fingerprint density at radius 1 is 0.808 bits per heavy atom. The molecule has 2 nitrogen and oxygen atoms in total. The maximum atomic E-state index is 6.23. The van der Waals surface area contributed by atoms with Gasteiger partial charge in [0.25, 0.3) is 0 Å². The predicted octanol–water partition coefficient (Wildman–Crippen LogP) is 5.39. The van der Waals surface area contributed by atoms with Crippen LogP contribution in [0.3, 0.4) is 0 Å². The summed E-state index contributed by atoms with van der Waals surface area (Å²) in [7, 11) is -0.310. The molecule has 2 aromatic carbocycles. The normalized spacial score (nSPS) is 18.6. The summed E-state index contributed by atoms with van der Waals surface area (Å²) in [6, 6.07) is 13.4. The third-order valence-corrected chi connectivity index (χ3v) is 5.95. The minimum Gasteiger partial charge on any atom is -0.399 e. The third-order valence-electron chi connectivity index (χ3n) is 5.95. The van der Waals surface area contributed by atoms with Crippen LogP contribution < -0.4 is 5.46 Å². The molecule has 0 radical (unpaired) electrons. The highest BCUT2D eigenvalue weighted by molar-refractivity contribution is 6.62. The highest BCUT2D eigenvalue weighted by Crippen LogP contribution is 2.37. The second kappa shape index (κ2) is 6.54. The fraction of sp³-hybridized carbons (Fsp3) is 0.478. The van der Waals surface area contributed by atoms with Gasteiger partial charge in [0, 0.05) is 0 Å². The smallest absolute Gasteiger partial charge is 0.399 e. The van der Waals surface area contributed by atoms with E-state index in [1.165, 1.54) is 27.8 Å². The summed E-state index contributed by atoms with van der Waals surface area (Å²) in [6.07, 6.45) is 0. The van der Waals surface area contributed by atoms with E-state index in [1.54, 1.807) is 0 Å². The van der Waals surface area contributed by atoms with E-state index in [0.29, 0.717) is 5.92 Å². The van der Waals surface area contributed by atoms with Crippen LogP contribution in [0.15, 0.2) is 36.4 Å². The molecule has 0 aromatic heterocycles. The van der Waals surface area contributed by atoms with E-state index in [-0.39, 0.29) is 18.3 Å². The van der Waals surface area contributed by atoms with Crippen LogP contribution in [-0.2, 0) is 9.31 Å². The van der Waals surface area contributed by atoms with Crippen molar-refractivity contribution in [1.82, 2.24) is 0 Å². The first-order chi connectivity index (χ1) is 12.0. The van der Waals surface area contributed by atoms with Crippen LogP contribution in [0.25, 0.3) is 11.1 Å². The zero-order valence-electron chi connectivity index (χ0n) is 17.4. The summed E-state index contributed by atoms with van der Waals surface area (Å²) in [4.78, 5) is 0. The fourth-order valence-corrected chi connectivity index (χ4v) is 3.60. The Morgan fingerprint density at radius 3 is 1.69 bits per heavy atom. The van der Waals surface area contributed by atoms with E-state index in [4.69, 9.17) is 9.31 Å². The topological polar surface area (TPSA) is 18.5 Å². The fourth-order valence-electron chi connectivity index (χ4n) is 3.60. The average molecular weight is 350 g/mol. The van der Waals surface area contributed by atoms with Crippen molar-refractivity contribution in [2.75, 3.05) is 0 Å². The van der Waals surface area contributed by atoms with Gasteiger partial charge in [-0.2, -0.15) is 0 Å². The van der Waals surface area contributed by atoms with Crippen LogP contribution in [0.4, 0.5) is 0 Å². The first kappa shape index (κ1) is 19.2. The summed E-state index contributed by atoms with van der Waals surface area (Å²) in [5.74, 6) is 0.553. The summed E-state index contributed by atoms with van der Waals surface area (Å²) in [5, 5.41) is 0. The van der Waals surface area contributed by atoms with Crippen molar-refractivity contribution in [2.45, 2.75) is 72.5 Å². The van der Waals surface area contributed by atoms with Gasteiger partial charge in [0.05, 0.1) is 11.2 Å². The van der Waals surface area contributed by atoms with Gasteiger partial charge in [-0.3, -0.25) is 0 Å². The van der Waals surface area contributed by atoms with Crippen molar-refractivity contribution in [3.8, 4) is 11.1 Å². The van der Waals surface area contributed by atoms with E-state index in [2.05, 4.69) is 91.8 Å². The zero-order valence-corrected chi connectivity index (χ0v) is 17.4. The molecule has 1 aliphatic rings. The molecule has 0 spiro atoms. The molecule has 1 aliphatic heterocycles. The van der Waals surface area contributed by atoms with Crippen LogP contribution in [0.2, 0.25) is 0 Å². The van der Waals surface area contributed by atoms with Gasteiger partial charge in [0.15, 0.2) is 0 Å². The average Bonchev–Trinajstić information content (AvgIpc) is 2.75. The minimum absolute atomic E-state index is 0.310. The Hall–Kier alpha value is -1.58. The summed E-state index contributed by atoms with van der Waals surface area (Å²) >= 11 is 0. The Balaban J connectivity index is 1.95. The van der Waals surface area contributed by atoms with E-state index in [1.807, 2.05) is 0 Å². The van der Waals surface area contributed by atoms with Crippen LogP contribution >= 0.6 is 0 Å². The molecule has 0 saturated carbocycles. The van der Waals surface area contributed by atoms with Gasteiger partial charge in [-0.15, -0.1) is 0 Å². The number of aryl methyl sites for hydroxylation is 2. The van der Waals surface area contributed by atoms with Crippen molar-refractivity contribution in [3.05, 3.63) is 53.1 Å². The second-order valence-electron chi connectivity index (χ2n) is 8.89. The standard InChI is InChI=1S/C23H31BO2/c1-15(2)18-9-11-19(12-10-18)21-16(3)13-20(14-17(21)4)24-25-22(5,6)23(7,8)26-24/h9-15H,1-8H3. The van der Waals surface area contributed by atoms with E-state index in [0.717, 1.165) is 5.46 Å². The number of benzene rings is 2. The van der Waals surface area contributed by atoms with Gasteiger partial charge in [-0.25, -0.2) is 0 Å². The lowest BCUT2D eigenvalue weighted by Gasteiger charge is -2.32. The molecule has 1 heterocycles. The number of rotatable bonds is 3. The van der Waals surface area contributed by atoms with Gasteiger partial charge in [-0.05, 0) is 80.7 Å². The van der Waals surface area contributed by atoms with Gasteiger partial charge < -0.3 is 9.31 Å². The van der Waals surface area contributed by atoms with Crippen molar-refractivity contribution >= 4 is 12.6 Å². The van der Waals surface area contributed by atoms with E-state index in [9.17, 15) is 0 Å². The number of hydrogen-bond donors (Lipinski definition) is 0. The first-order valence-corrected chi connectivity index (χ1v) is 9.59. The maximum Gasteiger partial charge on any atom is 0.494 e. The molecule has 1 fully saturated rings. The maximum absolute atomic E-state index is 6.23. The van der Waals surface area contributed by atoms with Gasteiger partial charge in [0.2, 0.25) is 0 Å². The van der Waals surface area contributed by atoms with Gasteiger partial charge >= 0.3 is 7.12 Å². The lowest BCUT2D eigenvalue weighted by atomic mass is 9.76. The Morgan fingerprint density at radius 2 is 1.27 bits per heavy atom. The molecule has 26 heavy (non-hydrogen) atoms. The predicted molar refractivity (Wildman–Crippen MR) is 111 cm³/mol. The van der Waals surface area contributed by atoms with E-state index >= 15 is 0 Å². The summed E-state index contributed by atoms with van der Waals surface area (Å²) < 4.78 is 12.5. The molecule has 0 aliphatic carbocycles. The quantitative estimate of drug-likeness (QED) is 0.691. The van der Waals surface area contributed by atoms with Crippen molar-refractivity contribution < 1.29 is 9.31 Å². The zero-order chi connectivity index (χ0) is 19.3. The Bertz CT molecular complexity index is 764. The molecule has 0 bridgehead atoms. The Labute approximate surface area is 159 Å². The minimum atomic E-state index is -0.315. The third kappa shape index (κ3) is 3.35. The van der Waals surface area contributed by atoms with Gasteiger partial charge in [-0.1, -0.05) is 50.2 Å². The number of hydrogen-bond acceptors (Lipinski definition) is 2. The molecule has 0 amide bonds. The van der Waals surface area contributed by atoms with Crippen LogP contribution in [-0.4, -0.2) is 18.3 Å². The SMILES string of the molecule is Cc1cc(B2OC(C)(C)C(C)(C)O2)cc(C)c1-c1ccc(C(C)C)cc1. The van der Waals surface area contributed by atoms with E-state index < -0.39 is 0 Å². The molecule has 3 rings (SSSR count). The summed E-state index contributed by atoms with van der Waals surface area (Å²) in [6.45, 7) is 17.2. The van der Waals surface area contributed by atoms with Crippen LogP contribution in [0.5, 0.6) is 0 Å². The molecular weight excluding hydrogens is 319 g/mol. The molecule has 0 unspecified atom stereocenters. The molecule has 3 heteroatoms. The van der Waals surface area contributed by atoms with Crippen molar-refractivity contribution in [1.29, 1.82) is 0 Å². The van der Waals surface area contributed by atoms with Crippen LogP contribution in [0.1, 0.15) is 64.2 Å². The second-order valence-corrected chi connectivity index (χ2v) is 8.89. The molecule has 0 atom stereocenters. The van der Waals surface area contributed by atoms with Crippen LogP contribution in [0, 0.1) is 13.8 Å². The first-order valence-electron chi connectivity index (χ1n) is 9.59. The lowest BCUT2D eigenvalue weighted by molar-refractivity contribution is 0.00578. The largest absolute Gasteiger partial charge is 0.494 e. The van der Waals surface area contributed by atoms with Gasteiger partial charge in [0.1, 0.15) is 0 Å².